The van der Waals surface area contributed by atoms with Crippen LogP contribution < -0.4 is 10.6 Å². The molecule has 1 aliphatic heterocycles. The van der Waals surface area contributed by atoms with E-state index in [-0.39, 0.29) is 18.1 Å². The van der Waals surface area contributed by atoms with E-state index in [1.165, 1.54) is 0 Å². The van der Waals surface area contributed by atoms with Gasteiger partial charge >= 0.3 is 5.97 Å². The second-order valence-electron chi connectivity index (χ2n) is 6.09. The molecule has 0 aliphatic carbocycles. The number of thiophene rings is 1. The van der Waals surface area contributed by atoms with Crippen LogP contribution in [0.5, 0.6) is 0 Å². The Hall–Kier alpha value is -2.18. The molecule has 130 valence electrons. The lowest BCUT2D eigenvalue weighted by atomic mass is 10.0. The van der Waals surface area contributed by atoms with Crippen molar-refractivity contribution >= 4 is 34.6 Å². The fourth-order valence-corrected chi connectivity index (χ4v) is 4.07. The van der Waals surface area contributed by atoms with Crippen molar-refractivity contribution in [1.29, 1.82) is 0 Å². The second kappa shape index (κ2) is 7.37. The molecule has 1 atom stereocenters. The van der Waals surface area contributed by atoms with Crippen molar-refractivity contribution in [3.05, 3.63) is 58.6 Å². The summed E-state index contributed by atoms with van der Waals surface area (Å²) in [4.78, 5) is 14.8. The van der Waals surface area contributed by atoms with Crippen molar-refractivity contribution in [2.75, 3.05) is 0 Å². The quantitative estimate of drug-likeness (QED) is 0.623. The fraction of sp³-hybridized carbons (Fsp3) is 0.263. The number of ether oxygens (including phenoxy) is 1. The van der Waals surface area contributed by atoms with Gasteiger partial charge in [0.05, 0.1) is 17.7 Å². The zero-order chi connectivity index (χ0) is 18.0. The third kappa shape index (κ3) is 3.91. The number of carbonyl (C=O) groups is 1. The van der Waals surface area contributed by atoms with E-state index >= 15 is 0 Å². The number of benzene rings is 1. The van der Waals surface area contributed by atoms with Gasteiger partial charge in [-0.15, -0.1) is 11.3 Å². The van der Waals surface area contributed by atoms with Crippen LogP contribution in [0.4, 0.5) is 0 Å². The summed E-state index contributed by atoms with van der Waals surface area (Å²) in [7, 11) is 0. The van der Waals surface area contributed by atoms with Crippen molar-refractivity contribution in [3.63, 3.8) is 0 Å². The van der Waals surface area contributed by atoms with Crippen molar-refractivity contribution in [2.24, 2.45) is 0 Å². The maximum Gasteiger partial charge on any atom is 0.338 e. The molecule has 1 aliphatic rings. The Labute approximate surface area is 156 Å². The standard InChI is InChI=1S/C19H20N2O2S2/c1-11(2)23-18(22)16-12(3)20-19(24)21-17(16)15-10-9-14(25-15)13-7-5-4-6-8-13/h4-11,17H,1-3H3,(H2,20,21,24)/t17-/m0/s1. The van der Waals surface area contributed by atoms with Gasteiger partial charge in [0.15, 0.2) is 5.11 Å². The lowest BCUT2D eigenvalue weighted by molar-refractivity contribution is -0.143. The van der Waals surface area contributed by atoms with Crippen molar-refractivity contribution in [1.82, 2.24) is 10.6 Å². The molecule has 0 saturated carbocycles. The van der Waals surface area contributed by atoms with Crippen LogP contribution in [-0.4, -0.2) is 17.2 Å². The van der Waals surface area contributed by atoms with E-state index in [9.17, 15) is 4.79 Å². The summed E-state index contributed by atoms with van der Waals surface area (Å²) in [6.07, 6.45) is -0.175. The maximum absolute atomic E-state index is 12.6. The van der Waals surface area contributed by atoms with Gasteiger partial charge in [-0.1, -0.05) is 30.3 Å². The molecule has 25 heavy (non-hydrogen) atoms. The number of hydrogen-bond acceptors (Lipinski definition) is 4. The Morgan fingerprint density at radius 1 is 1.20 bits per heavy atom. The first-order chi connectivity index (χ1) is 12.0. The molecule has 1 aromatic heterocycles. The lowest BCUT2D eigenvalue weighted by Gasteiger charge is -2.29. The van der Waals surface area contributed by atoms with Gasteiger partial charge in [-0.05, 0) is 50.7 Å². The Morgan fingerprint density at radius 2 is 1.92 bits per heavy atom. The van der Waals surface area contributed by atoms with Crippen LogP contribution in [0.15, 0.2) is 53.7 Å². The molecule has 4 nitrogen and oxygen atoms in total. The van der Waals surface area contributed by atoms with Gasteiger partial charge in [-0.3, -0.25) is 0 Å². The largest absolute Gasteiger partial charge is 0.459 e. The highest BCUT2D eigenvalue weighted by Gasteiger charge is 2.32. The summed E-state index contributed by atoms with van der Waals surface area (Å²) >= 11 is 6.93. The topological polar surface area (TPSA) is 50.4 Å². The Kier molecular flexibility index (Phi) is 5.20. The highest BCUT2D eigenvalue weighted by atomic mass is 32.1. The number of esters is 1. The summed E-state index contributed by atoms with van der Waals surface area (Å²) in [5, 5.41) is 6.74. The van der Waals surface area contributed by atoms with Gasteiger partial charge in [0, 0.05) is 15.5 Å². The molecule has 0 bridgehead atoms. The summed E-state index contributed by atoms with van der Waals surface area (Å²) in [5.74, 6) is -0.324. The molecule has 6 heteroatoms. The molecule has 0 amide bonds. The summed E-state index contributed by atoms with van der Waals surface area (Å²) in [5.41, 5.74) is 2.46. The molecule has 0 saturated heterocycles. The second-order valence-corrected chi connectivity index (χ2v) is 7.62. The van der Waals surface area contributed by atoms with E-state index in [2.05, 4.69) is 28.8 Å². The first-order valence-corrected chi connectivity index (χ1v) is 9.32. The van der Waals surface area contributed by atoms with E-state index in [1.807, 2.05) is 45.0 Å². The van der Waals surface area contributed by atoms with E-state index in [0.717, 1.165) is 21.0 Å². The van der Waals surface area contributed by atoms with E-state index in [0.29, 0.717) is 10.7 Å². The van der Waals surface area contributed by atoms with E-state index < -0.39 is 0 Å². The van der Waals surface area contributed by atoms with Crippen molar-refractivity contribution in [3.8, 4) is 10.4 Å². The molecule has 2 heterocycles. The molecular weight excluding hydrogens is 352 g/mol. The number of hydrogen-bond donors (Lipinski definition) is 2. The molecule has 2 aromatic rings. The van der Waals surface area contributed by atoms with Crippen LogP contribution in [0.3, 0.4) is 0 Å². The van der Waals surface area contributed by atoms with Gasteiger partial charge in [0.1, 0.15) is 0 Å². The van der Waals surface area contributed by atoms with Gasteiger partial charge < -0.3 is 15.4 Å². The van der Waals surface area contributed by atoms with Crippen LogP contribution in [0.2, 0.25) is 0 Å². The average molecular weight is 373 g/mol. The molecule has 0 fully saturated rings. The van der Waals surface area contributed by atoms with E-state index in [4.69, 9.17) is 17.0 Å². The Morgan fingerprint density at radius 3 is 2.60 bits per heavy atom. The highest BCUT2D eigenvalue weighted by Crippen LogP contribution is 2.36. The van der Waals surface area contributed by atoms with Crippen LogP contribution in [0.1, 0.15) is 31.7 Å². The first kappa shape index (κ1) is 17.6. The zero-order valence-electron chi connectivity index (χ0n) is 14.3. The first-order valence-electron chi connectivity index (χ1n) is 8.10. The maximum atomic E-state index is 12.6. The predicted molar refractivity (Wildman–Crippen MR) is 105 cm³/mol. The fourth-order valence-electron chi connectivity index (χ4n) is 2.72. The van der Waals surface area contributed by atoms with Crippen LogP contribution in [-0.2, 0) is 9.53 Å². The van der Waals surface area contributed by atoms with Crippen LogP contribution >= 0.6 is 23.6 Å². The third-order valence-electron chi connectivity index (χ3n) is 3.80. The lowest BCUT2D eigenvalue weighted by Crippen LogP contribution is -2.45. The smallest absolute Gasteiger partial charge is 0.338 e. The highest BCUT2D eigenvalue weighted by molar-refractivity contribution is 7.80. The summed E-state index contributed by atoms with van der Waals surface area (Å²) < 4.78 is 5.42. The normalized spacial score (nSPS) is 17.3. The average Bonchev–Trinajstić information content (AvgIpc) is 3.04. The number of carbonyl (C=O) groups excluding carboxylic acids is 1. The Balaban J connectivity index is 1.96. The Bertz CT molecular complexity index is 825. The number of allylic oxidation sites excluding steroid dienone is 1. The van der Waals surface area contributed by atoms with Gasteiger partial charge in [-0.2, -0.15) is 0 Å². The molecule has 2 N–H and O–H groups in total. The minimum Gasteiger partial charge on any atom is -0.459 e. The summed E-state index contributed by atoms with van der Waals surface area (Å²) in [6, 6.07) is 14.0. The van der Waals surface area contributed by atoms with Gasteiger partial charge in [0.2, 0.25) is 0 Å². The molecule has 0 radical (unpaired) electrons. The third-order valence-corrected chi connectivity index (χ3v) is 5.22. The number of thiocarbonyl (C=S) groups is 1. The molecule has 0 spiro atoms. The van der Waals surface area contributed by atoms with Crippen LogP contribution in [0.25, 0.3) is 10.4 Å². The SMILES string of the molecule is CC1=C(C(=O)OC(C)C)[C@H](c2ccc(-c3ccccc3)s2)NC(=S)N1. The van der Waals surface area contributed by atoms with E-state index in [1.54, 1.807) is 11.3 Å². The molecule has 1 aromatic carbocycles. The number of rotatable bonds is 4. The van der Waals surface area contributed by atoms with Crippen molar-refractivity contribution < 1.29 is 9.53 Å². The zero-order valence-corrected chi connectivity index (χ0v) is 16.0. The minimum atomic E-state index is -0.324. The predicted octanol–water partition coefficient (Wildman–Crippen LogP) is 4.16. The summed E-state index contributed by atoms with van der Waals surface area (Å²) in [6.45, 7) is 5.54. The van der Waals surface area contributed by atoms with Gasteiger partial charge in [-0.25, -0.2) is 4.79 Å². The monoisotopic (exact) mass is 372 g/mol. The van der Waals surface area contributed by atoms with Crippen molar-refractivity contribution in [2.45, 2.75) is 32.9 Å². The van der Waals surface area contributed by atoms with Crippen LogP contribution in [0, 0.1) is 0 Å². The molecular formula is C19H20N2O2S2. The number of nitrogens with one attached hydrogen (secondary N) is 2. The molecule has 0 unspecified atom stereocenters. The minimum absolute atomic E-state index is 0.175. The van der Waals surface area contributed by atoms with Gasteiger partial charge in [0.25, 0.3) is 0 Å². The molecule has 3 rings (SSSR count).